The number of amides is 1. The van der Waals surface area contributed by atoms with Crippen molar-refractivity contribution in [2.75, 3.05) is 40.4 Å². The zero-order valence-electron chi connectivity index (χ0n) is 10.2. The van der Waals surface area contributed by atoms with Gasteiger partial charge in [-0.05, 0) is 14.1 Å². The van der Waals surface area contributed by atoms with Gasteiger partial charge in [0.15, 0.2) is 0 Å². The summed E-state index contributed by atoms with van der Waals surface area (Å²) >= 11 is 0. The molecule has 0 unspecified atom stereocenters. The molecule has 1 fully saturated rings. The van der Waals surface area contributed by atoms with Gasteiger partial charge in [-0.1, -0.05) is 0 Å². The van der Waals surface area contributed by atoms with Crippen molar-refractivity contribution in [1.82, 2.24) is 10.2 Å². The summed E-state index contributed by atoms with van der Waals surface area (Å²) in [6.07, 6.45) is 1.67. The van der Waals surface area contributed by atoms with E-state index in [0.717, 1.165) is 6.54 Å². The molecule has 0 aromatic heterocycles. The van der Waals surface area contributed by atoms with Gasteiger partial charge in [-0.25, -0.2) is 0 Å². The average Bonchev–Trinajstić information content (AvgIpc) is 2.25. The zero-order valence-corrected chi connectivity index (χ0v) is 10.2. The van der Waals surface area contributed by atoms with E-state index in [1.807, 2.05) is 19.0 Å². The molecular formula is C11H22N2O3. The van der Waals surface area contributed by atoms with Gasteiger partial charge in [0, 0.05) is 45.6 Å². The van der Waals surface area contributed by atoms with Crippen LogP contribution < -0.4 is 5.32 Å². The van der Waals surface area contributed by atoms with E-state index in [0.29, 0.717) is 39.0 Å². The van der Waals surface area contributed by atoms with E-state index in [-0.39, 0.29) is 5.91 Å². The smallest absolute Gasteiger partial charge is 0.221 e. The summed E-state index contributed by atoms with van der Waals surface area (Å²) in [4.78, 5) is 13.4. The van der Waals surface area contributed by atoms with Crippen LogP contribution in [-0.2, 0) is 9.53 Å². The molecule has 1 saturated heterocycles. The molecule has 94 valence electrons. The molecule has 1 amide bonds. The monoisotopic (exact) mass is 230 g/mol. The Morgan fingerprint density at radius 2 is 2.06 bits per heavy atom. The Balaban J connectivity index is 2.19. The second-order valence-electron chi connectivity index (χ2n) is 4.67. The number of nitrogens with zero attached hydrogens (tertiary/aromatic N) is 1. The summed E-state index contributed by atoms with van der Waals surface area (Å²) in [6.45, 7) is 2.21. The average molecular weight is 230 g/mol. The number of nitrogens with one attached hydrogen (secondary N) is 1. The minimum absolute atomic E-state index is 0.00591. The van der Waals surface area contributed by atoms with Crippen LogP contribution in [0.15, 0.2) is 0 Å². The Hall–Kier alpha value is -0.650. The second-order valence-corrected chi connectivity index (χ2v) is 4.67. The Morgan fingerprint density at radius 3 is 2.62 bits per heavy atom. The van der Waals surface area contributed by atoms with Crippen LogP contribution in [0.2, 0.25) is 0 Å². The summed E-state index contributed by atoms with van der Waals surface area (Å²) in [5.74, 6) is -0.00591. The lowest BCUT2D eigenvalue weighted by Crippen LogP contribution is -2.46. The fraction of sp³-hybridized carbons (Fsp3) is 0.909. The maximum absolute atomic E-state index is 11.5. The maximum atomic E-state index is 11.5. The number of ether oxygens (including phenoxy) is 1. The highest BCUT2D eigenvalue weighted by Gasteiger charge is 2.29. The molecule has 5 heteroatoms. The molecule has 1 aliphatic heterocycles. The van der Waals surface area contributed by atoms with Gasteiger partial charge in [0.25, 0.3) is 0 Å². The third-order valence-electron chi connectivity index (χ3n) is 2.82. The number of carbonyl (C=O) groups is 1. The van der Waals surface area contributed by atoms with Gasteiger partial charge in [0.2, 0.25) is 5.91 Å². The first kappa shape index (κ1) is 13.4. The molecule has 2 N–H and O–H groups in total. The molecule has 0 atom stereocenters. The molecular weight excluding hydrogens is 208 g/mol. The third kappa shape index (κ3) is 4.92. The quantitative estimate of drug-likeness (QED) is 0.674. The van der Waals surface area contributed by atoms with Crippen LogP contribution in [0, 0.1) is 0 Å². The standard InChI is InChI=1S/C11H22N2O3/c1-13(2)6-3-10(14)12-9-11(15)4-7-16-8-5-11/h15H,3-9H2,1-2H3,(H,12,14). The highest BCUT2D eigenvalue weighted by atomic mass is 16.5. The molecule has 1 heterocycles. The zero-order chi connectivity index (χ0) is 12.0. The van der Waals surface area contributed by atoms with Crippen molar-refractivity contribution in [2.24, 2.45) is 0 Å². The van der Waals surface area contributed by atoms with Gasteiger partial charge in [0.1, 0.15) is 0 Å². The topological polar surface area (TPSA) is 61.8 Å². The largest absolute Gasteiger partial charge is 0.388 e. The Kier molecular flexibility index (Phi) is 5.18. The second kappa shape index (κ2) is 6.18. The number of aliphatic hydroxyl groups is 1. The molecule has 0 saturated carbocycles. The van der Waals surface area contributed by atoms with Crippen molar-refractivity contribution in [3.05, 3.63) is 0 Å². The van der Waals surface area contributed by atoms with Crippen LogP contribution >= 0.6 is 0 Å². The lowest BCUT2D eigenvalue weighted by molar-refractivity contribution is -0.124. The molecule has 1 rings (SSSR count). The van der Waals surface area contributed by atoms with Crippen molar-refractivity contribution in [1.29, 1.82) is 0 Å². The molecule has 0 aliphatic carbocycles. The van der Waals surface area contributed by atoms with E-state index in [1.54, 1.807) is 0 Å². The molecule has 0 radical (unpaired) electrons. The van der Waals surface area contributed by atoms with Crippen molar-refractivity contribution in [2.45, 2.75) is 24.9 Å². The summed E-state index contributed by atoms with van der Waals surface area (Å²) in [7, 11) is 3.86. The Bertz CT molecular complexity index is 225. The SMILES string of the molecule is CN(C)CCC(=O)NCC1(O)CCOCC1. The van der Waals surface area contributed by atoms with E-state index in [1.165, 1.54) is 0 Å². The van der Waals surface area contributed by atoms with Gasteiger partial charge in [-0.3, -0.25) is 4.79 Å². The number of hydrogen-bond donors (Lipinski definition) is 2. The van der Waals surface area contributed by atoms with Gasteiger partial charge in [-0.2, -0.15) is 0 Å². The van der Waals surface area contributed by atoms with Crippen LogP contribution in [0.25, 0.3) is 0 Å². The van der Waals surface area contributed by atoms with Crippen molar-refractivity contribution < 1.29 is 14.6 Å². The first-order valence-electron chi connectivity index (χ1n) is 5.73. The molecule has 16 heavy (non-hydrogen) atoms. The van der Waals surface area contributed by atoms with E-state index in [9.17, 15) is 9.90 Å². The highest BCUT2D eigenvalue weighted by Crippen LogP contribution is 2.19. The molecule has 0 spiro atoms. The lowest BCUT2D eigenvalue weighted by atomic mass is 9.94. The van der Waals surface area contributed by atoms with Gasteiger partial charge < -0.3 is 20.1 Å². The van der Waals surface area contributed by atoms with E-state index in [4.69, 9.17) is 4.74 Å². The van der Waals surface area contributed by atoms with Crippen molar-refractivity contribution in [3.63, 3.8) is 0 Å². The molecule has 0 bridgehead atoms. The molecule has 5 nitrogen and oxygen atoms in total. The van der Waals surface area contributed by atoms with Crippen LogP contribution in [0.3, 0.4) is 0 Å². The summed E-state index contributed by atoms with van der Waals surface area (Å²) < 4.78 is 5.17. The lowest BCUT2D eigenvalue weighted by Gasteiger charge is -2.32. The number of hydrogen-bond acceptors (Lipinski definition) is 4. The van der Waals surface area contributed by atoms with E-state index >= 15 is 0 Å². The van der Waals surface area contributed by atoms with Crippen LogP contribution in [0.1, 0.15) is 19.3 Å². The van der Waals surface area contributed by atoms with Gasteiger partial charge >= 0.3 is 0 Å². The third-order valence-corrected chi connectivity index (χ3v) is 2.82. The van der Waals surface area contributed by atoms with E-state index < -0.39 is 5.60 Å². The summed E-state index contributed by atoms with van der Waals surface area (Å²) in [6, 6.07) is 0. The first-order chi connectivity index (χ1) is 7.52. The van der Waals surface area contributed by atoms with Crippen LogP contribution in [0.5, 0.6) is 0 Å². The first-order valence-corrected chi connectivity index (χ1v) is 5.73. The Morgan fingerprint density at radius 1 is 1.44 bits per heavy atom. The predicted molar refractivity (Wildman–Crippen MR) is 61.2 cm³/mol. The minimum atomic E-state index is -0.772. The molecule has 1 aliphatic rings. The molecule has 0 aromatic carbocycles. The Labute approximate surface area is 96.8 Å². The fourth-order valence-corrected chi connectivity index (χ4v) is 1.60. The summed E-state index contributed by atoms with van der Waals surface area (Å²) in [5.41, 5.74) is -0.772. The van der Waals surface area contributed by atoms with Crippen LogP contribution in [0.4, 0.5) is 0 Å². The maximum Gasteiger partial charge on any atom is 0.221 e. The van der Waals surface area contributed by atoms with E-state index in [2.05, 4.69) is 5.32 Å². The number of rotatable bonds is 5. The van der Waals surface area contributed by atoms with Gasteiger partial charge in [0.05, 0.1) is 5.60 Å². The highest BCUT2D eigenvalue weighted by molar-refractivity contribution is 5.76. The van der Waals surface area contributed by atoms with Crippen molar-refractivity contribution in [3.8, 4) is 0 Å². The number of carbonyl (C=O) groups excluding carboxylic acids is 1. The fourth-order valence-electron chi connectivity index (χ4n) is 1.60. The predicted octanol–water partition coefficient (Wildman–Crippen LogP) is -0.404. The minimum Gasteiger partial charge on any atom is -0.388 e. The molecule has 0 aromatic rings. The van der Waals surface area contributed by atoms with Gasteiger partial charge in [-0.15, -0.1) is 0 Å². The normalized spacial score (nSPS) is 19.8. The summed E-state index contributed by atoms with van der Waals surface area (Å²) in [5, 5.41) is 12.9. The van der Waals surface area contributed by atoms with Crippen LogP contribution in [-0.4, -0.2) is 61.9 Å². The van der Waals surface area contributed by atoms with Crippen molar-refractivity contribution >= 4 is 5.91 Å².